The minimum absolute atomic E-state index is 0.161. The maximum atomic E-state index is 12.4. The maximum Gasteiger partial charge on any atom is 0.321 e. The molecule has 1 saturated carbocycles. The summed E-state index contributed by atoms with van der Waals surface area (Å²) in [5.74, 6) is 0.315. The average molecular weight is 401 g/mol. The highest BCUT2D eigenvalue weighted by Gasteiger charge is 2.23. The van der Waals surface area contributed by atoms with E-state index in [1.807, 2.05) is 16.7 Å². The molecule has 1 atom stereocenters. The molecule has 8 nitrogen and oxygen atoms in total. The van der Waals surface area contributed by atoms with Crippen molar-refractivity contribution in [3.05, 3.63) is 37.2 Å². The summed E-state index contributed by atoms with van der Waals surface area (Å²) in [6.45, 7) is 6.03. The first kappa shape index (κ1) is 20.1. The Morgan fingerprint density at radius 2 is 2.04 bits per heavy atom. The van der Waals surface area contributed by atoms with Crippen LogP contribution < -0.4 is 10.6 Å². The van der Waals surface area contributed by atoms with Gasteiger partial charge in [0.2, 0.25) is 5.91 Å². The van der Waals surface area contributed by atoms with Crippen molar-refractivity contribution in [1.29, 1.82) is 0 Å². The molecule has 1 aliphatic carbocycles. The molecule has 3 rings (SSSR count). The van der Waals surface area contributed by atoms with Gasteiger partial charge in [-0.15, -0.1) is 16.8 Å². The van der Waals surface area contributed by atoms with E-state index in [4.69, 9.17) is 0 Å². The van der Waals surface area contributed by atoms with Crippen molar-refractivity contribution in [3.8, 4) is 11.4 Å². The number of aromatic nitrogens is 4. The van der Waals surface area contributed by atoms with Gasteiger partial charge in [-0.3, -0.25) is 19.7 Å². The van der Waals surface area contributed by atoms with E-state index in [1.54, 1.807) is 25.4 Å². The van der Waals surface area contributed by atoms with Gasteiger partial charge in [-0.1, -0.05) is 30.7 Å². The van der Waals surface area contributed by atoms with Crippen molar-refractivity contribution >= 4 is 23.7 Å². The molecule has 2 aromatic rings. The van der Waals surface area contributed by atoms with Crippen molar-refractivity contribution in [1.82, 2.24) is 30.4 Å². The first-order valence-corrected chi connectivity index (χ1v) is 10.2. The van der Waals surface area contributed by atoms with Crippen LogP contribution in [0.4, 0.5) is 4.79 Å². The Kier molecular flexibility index (Phi) is 6.80. The molecule has 0 aromatic carbocycles. The standard InChI is InChI=1S/C19H24N6O2S/c1-3-12-25-16(14-8-10-20-11-9-14)23-24-19(25)28-13(2)17(26)22-18(27)21-15-6-4-5-7-15/h3,8-11,13,15H,1,4-7,12H2,2H3,(H2,21,22,26,27)/t13-/m0/s1. The fourth-order valence-electron chi connectivity index (χ4n) is 3.10. The van der Waals surface area contributed by atoms with Crippen LogP contribution in [-0.4, -0.2) is 43.0 Å². The van der Waals surface area contributed by atoms with Crippen molar-refractivity contribution in [2.24, 2.45) is 0 Å². The summed E-state index contributed by atoms with van der Waals surface area (Å²) in [6.07, 6.45) is 9.29. The van der Waals surface area contributed by atoms with Gasteiger partial charge in [0, 0.05) is 30.5 Å². The third-order valence-corrected chi connectivity index (χ3v) is 5.63. The second-order valence-electron chi connectivity index (χ2n) is 6.65. The number of nitrogens with zero attached hydrogens (tertiary/aromatic N) is 4. The Balaban J connectivity index is 1.65. The molecule has 28 heavy (non-hydrogen) atoms. The van der Waals surface area contributed by atoms with E-state index in [9.17, 15) is 9.59 Å². The molecule has 3 amide bonds. The molecule has 2 aromatic heterocycles. The number of thioether (sulfide) groups is 1. The van der Waals surface area contributed by atoms with Crippen LogP contribution in [0.25, 0.3) is 11.4 Å². The molecule has 1 fully saturated rings. The summed E-state index contributed by atoms with van der Waals surface area (Å²) in [7, 11) is 0. The van der Waals surface area contributed by atoms with Crippen LogP contribution in [0.1, 0.15) is 32.6 Å². The predicted molar refractivity (Wildman–Crippen MR) is 108 cm³/mol. The second-order valence-corrected chi connectivity index (χ2v) is 7.95. The predicted octanol–water partition coefficient (Wildman–Crippen LogP) is 2.78. The summed E-state index contributed by atoms with van der Waals surface area (Å²) >= 11 is 1.25. The molecule has 148 valence electrons. The van der Waals surface area contributed by atoms with E-state index in [1.165, 1.54) is 11.8 Å². The van der Waals surface area contributed by atoms with Gasteiger partial charge >= 0.3 is 6.03 Å². The monoisotopic (exact) mass is 400 g/mol. The second kappa shape index (κ2) is 9.50. The summed E-state index contributed by atoms with van der Waals surface area (Å²) in [5.41, 5.74) is 0.879. The summed E-state index contributed by atoms with van der Waals surface area (Å²) in [6, 6.07) is 3.42. The van der Waals surface area contributed by atoms with Crippen molar-refractivity contribution in [2.75, 3.05) is 0 Å². The van der Waals surface area contributed by atoms with Crippen LogP contribution in [-0.2, 0) is 11.3 Å². The number of hydrogen-bond acceptors (Lipinski definition) is 6. The molecule has 2 heterocycles. The van der Waals surface area contributed by atoms with Gasteiger partial charge < -0.3 is 5.32 Å². The lowest BCUT2D eigenvalue weighted by atomic mass is 10.2. The highest BCUT2D eigenvalue weighted by atomic mass is 32.2. The SMILES string of the molecule is C=CCn1c(S[C@@H](C)C(=O)NC(=O)NC2CCCC2)nnc1-c1ccncc1. The van der Waals surface area contributed by atoms with Gasteiger partial charge in [-0.25, -0.2) is 4.79 Å². The van der Waals surface area contributed by atoms with E-state index in [-0.39, 0.29) is 11.9 Å². The number of carbonyl (C=O) groups is 2. The van der Waals surface area contributed by atoms with E-state index in [0.717, 1.165) is 31.2 Å². The van der Waals surface area contributed by atoms with Crippen molar-refractivity contribution in [3.63, 3.8) is 0 Å². The Labute approximate surface area is 168 Å². The van der Waals surface area contributed by atoms with Gasteiger partial charge in [0.05, 0.1) is 5.25 Å². The first-order valence-electron chi connectivity index (χ1n) is 9.31. The number of carbonyl (C=O) groups excluding carboxylic acids is 2. The number of urea groups is 1. The number of pyridine rings is 1. The fourth-order valence-corrected chi connectivity index (χ4v) is 3.96. The van der Waals surface area contributed by atoms with Gasteiger partial charge in [0.15, 0.2) is 11.0 Å². The summed E-state index contributed by atoms with van der Waals surface area (Å²) < 4.78 is 1.88. The Morgan fingerprint density at radius 3 is 2.71 bits per heavy atom. The lowest BCUT2D eigenvalue weighted by molar-refractivity contribution is -0.119. The van der Waals surface area contributed by atoms with Crippen molar-refractivity contribution in [2.45, 2.75) is 55.6 Å². The van der Waals surface area contributed by atoms with Gasteiger partial charge in [0.25, 0.3) is 0 Å². The molecule has 9 heteroatoms. The fraction of sp³-hybridized carbons (Fsp3) is 0.421. The van der Waals surface area contributed by atoms with Crippen LogP contribution in [0.5, 0.6) is 0 Å². The van der Waals surface area contributed by atoms with Gasteiger partial charge in [0.1, 0.15) is 0 Å². The Bertz CT molecular complexity index is 832. The number of hydrogen-bond donors (Lipinski definition) is 2. The smallest absolute Gasteiger partial charge is 0.321 e. The van der Waals surface area contributed by atoms with E-state index < -0.39 is 11.3 Å². The molecule has 0 spiro atoms. The van der Waals surface area contributed by atoms with Crippen molar-refractivity contribution < 1.29 is 9.59 Å². The topological polar surface area (TPSA) is 102 Å². The number of nitrogens with one attached hydrogen (secondary N) is 2. The Morgan fingerprint density at radius 1 is 1.32 bits per heavy atom. The number of allylic oxidation sites excluding steroid dienone is 1. The normalized spacial score (nSPS) is 15.2. The number of amides is 3. The minimum Gasteiger partial charge on any atom is -0.335 e. The minimum atomic E-state index is -0.507. The summed E-state index contributed by atoms with van der Waals surface area (Å²) in [4.78, 5) is 28.4. The largest absolute Gasteiger partial charge is 0.335 e. The van der Waals surface area contributed by atoms with Crippen LogP contribution in [0, 0.1) is 0 Å². The Hall–Kier alpha value is -2.68. The first-order chi connectivity index (χ1) is 13.6. The molecule has 2 N–H and O–H groups in total. The number of rotatable bonds is 7. The third-order valence-electron chi connectivity index (χ3n) is 4.55. The average Bonchev–Trinajstić information content (AvgIpc) is 3.33. The lowest BCUT2D eigenvalue weighted by Gasteiger charge is -2.15. The van der Waals surface area contributed by atoms with Crippen LogP contribution >= 0.6 is 11.8 Å². The molecule has 0 unspecified atom stereocenters. The van der Waals surface area contributed by atoms with E-state index in [2.05, 4.69) is 32.4 Å². The molecule has 1 aliphatic rings. The molecule has 0 radical (unpaired) electrons. The highest BCUT2D eigenvalue weighted by molar-refractivity contribution is 8.00. The third kappa shape index (κ3) is 4.98. The maximum absolute atomic E-state index is 12.4. The van der Waals surface area contributed by atoms with Crippen LogP contribution in [0.15, 0.2) is 42.3 Å². The zero-order valence-corrected chi connectivity index (χ0v) is 16.6. The zero-order chi connectivity index (χ0) is 19.9. The molecule has 0 bridgehead atoms. The lowest BCUT2D eigenvalue weighted by Crippen LogP contribution is -2.45. The number of imide groups is 1. The van der Waals surface area contributed by atoms with Gasteiger partial charge in [-0.2, -0.15) is 0 Å². The van der Waals surface area contributed by atoms with Crippen LogP contribution in [0.3, 0.4) is 0 Å². The summed E-state index contributed by atoms with van der Waals surface area (Å²) in [5, 5.41) is 13.8. The quantitative estimate of drug-likeness (QED) is 0.547. The van der Waals surface area contributed by atoms with E-state index in [0.29, 0.717) is 17.5 Å². The van der Waals surface area contributed by atoms with Crippen LogP contribution in [0.2, 0.25) is 0 Å². The molecular weight excluding hydrogens is 376 g/mol. The zero-order valence-electron chi connectivity index (χ0n) is 15.8. The molecule has 0 aliphatic heterocycles. The molecule has 0 saturated heterocycles. The van der Waals surface area contributed by atoms with Gasteiger partial charge in [-0.05, 0) is 31.9 Å². The highest BCUT2D eigenvalue weighted by Crippen LogP contribution is 2.26. The molecular formula is C19H24N6O2S. The van der Waals surface area contributed by atoms with E-state index >= 15 is 0 Å².